The lowest BCUT2D eigenvalue weighted by atomic mass is 10.0. The maximum Gasteiger partial charge on any atom is 0.236 e. The Morgan fingerprint density at radius 3 is 2.75 bits per heavy atom. The van der Waals surface area contributed by atoms with Gasteiger partial charge in [0.1, 0.15) is 11.6 Å². The normalized spacial score (nSPS) is 12.1. The minimum atomic E-state index is 0.417. The average Bonchev–Trinajstić information content (AvgIpc) is 2.93. The molecule has 6 nitrogen and oxygen atoms in total. The molecular weight excluding hydrogens is 300 g/mol. The minimum absolute atomic E-state index is 0.417. The number of nitrogens with zero attached hydrogens (tertiary/aromatic N) is 4. The van der Waals surface area contributed by atoms with Crippen molar-refractivity contribution in [2.45, 2.75) is 6.92 Å². The molecule has 0 fully saturated rings. The van der Waals surface area contributed by atoms with E-state index in [0.717, 1.165) is 22.5 Å². The molecule has 0 atom stereocenters. The van der Waals surface area contributed by atoms with Crippen molar-refractivity contribution in [1.29, 1.82) is 0 Å². The summed E-state index contributed by atoms with van der Waals surface area (Å²) in [7, 11) is 0. The molecule has 0 saturated heterocycles. The molecule has 0 aliphatic heterocycles. The number of pyridine rings is 1. The van der Waals surface area contributed by atoms with Gasteiger partial charge in [-0.25, -0.2) is 9.97 Å². The highest BCUT2D eigenvalue weighted by Gasteiger charge is 2.17. The van der Waals surface area contributed by atoms with Gasteiger partial charge in [0.05, 0.1) is 11.4 Å². The zero-order valence-electron chi connectivity index (χ0n) is 13.3. The molecular formula is C18H18N6. The molecule has 0 spiro atoms. The molecule has 0 unspecified atom stereocenters. The second kappa shape index (κ2) is 6.37. The van der Waals surface area contributed by atoms with E-state index in [1.807, 2.05) is 47.9 Å². The van der Waals surface area contributed by atoms with E-state index in [-0.39, 0.29) is 0 Å². The first-order valence-electron chi connectivity index (χ1n) is 7.46. The maximum absolute atomic E-state index is 5.86. The van der Waals surface area contributed by atoms with Gasteiger partial charge in [-0.15, -0.1) is 0 Å². The summed E-state index contributed by atoms with van der Waals surface area (Å²) in [5.41, 5.74) is 15.1. The molecule has 0 bridgehead atoms. The highest BCUT2D eigenvalue weighted by atomic mass is 15.1. The van der Waals surface area contributed by atoms with Crippen LogP contribution in [0.2, 0.25) is 0 Å². The third kappa shape index (κ3) is 2.77. The van der Waals surface area contributed by atoms with Gasteiger partial charge in [-0.05, 0) is 25.1 Å². The largest absolute Gasteiger partial charge is 0.384 e. The van der Waals surface area contributed by atoms with Crippen molar-refractivity contribution in [3.05, 3.63) is 67.2 Å². The van der Waals surface area contributed by atoms with Gasteiger partial charge in [0.2, 0.25) is 5.78 Å². The number of imidazole rings is 1. The number of hydrogen-bond donors (Lipinski definition) is 2. The zero-order valence-corrected chi connectivity index (χ0v) is 13.3. The summed E-state index contributed by atoms with van der Waals surface area (Å²) < 4.78 is 1.89. The van der Waals surface area contributed by atoms with Crippen LogP contribution in [-0.2, 0) is 0 Å². The second-order valence-electron chi connectivity index (χ2n) is 5.16. The number of rotatable bonds is 4. The number of nitrogen functional groups attached to an aromatic ring is 2. The lowest BCUT2D eigenvalue weighted by Crippen LogP contribution is -1.97. The quantitative estimate of drug-likeness (QED) is 0.721. The molecule has 0 saturated carbocycles. The number of aromatic nitrogens is 4. The molecule has 120 valence electrons. The van der Waals surface area contributed by atoms with E-state index < -0.39 is 0 Å². The Kier molecular flexibility index (Phi) is 4.11. The van der Waals surface area contributed by atoms with Gasteiger partial charge < -0.3 is 11.5 Å². The Bertz CT molecular complexity index is 965. The summed E-state index contributed by atoms with van der Waals surface area (Å²) >= 11 is 0. The Hall–Kier alpha value is -3.41. The lowest BCUT2D eigenvalue weighted by molar-refractivity contribution is 1.12. The lowest BCUT2D eigenvalue weighted by Gasteiger charge is -2.06. The van der Waals surface area contributed by atoms with Crippen LogP contribution in [0.5, 0.6) is 0 Å². The minimum Gasteiger partial charge on any atom is -0.384 e. The molecule has 4 N–H and O–H groups in total. The predicted molar refractivity (Wildman–Crippen MR) is 98.0 cm³/mol. The van der Waals surface area contributed by atoms with Gasteiger partial charge in [-0.1, -0.05) is 30.9 Å². The molecule has 0 aliphatic rings. The Morgan fingerprint density at radius 1 is 1.21 bits per heavy atom. The van der Waals surface area contributed by atoms with Crippen LogP contribution in [0.3, 0.4) is 0 Å². The van der Waals surface area contributed by atoms with Crippen LogP contribution in [0.15, 0.2) is 61.5 Å². The molecule has 0 radical (unpaired) electrons. The topological polar surface area (TPSA) is 95.1 Å². The first kappa shape index (κ1) is 15.5. The average molecular weight is 318 g/mol. The van der Waals surface area contributed by atoms with E-state index in [4.69, 9.17) is 11.5 Å². The predicted octanol–water partition coefficient (Wildman–Crippen LogP) is 3.10. The Labute approximate surface area is 139 Å². The fraction of sp³-hybridized carbons (Fsp3) is 0.0556. The fourth-order valence-corrected chi connectivity index (χ4v) is 2.54. The van der Waals surface area contributed by atoms with E-state index in [9.17, 15) is 0 Å². The number of hydrogen-bond acceptors (Lipinski definition) is 5. The molecule has 3 rings (SSSR count). The fourth-order valence-electron chi connectivity index (χ4n) is 2.54. The first-order valence-corrected chi connectivity index (χ1v) is 7.46. The van der Waals surface area contributed by atoms with E-state index in [1.54, 1.807) is 18.3 Å². The van der Waals surface area contributed by atoms with Crippen LogP contribution in [0, 0.1) is 0 Å². The van der Waals surface area contributed by atoms with E-state index in [1.165, 1.54) is 0 Å². The van der Waals surface area contributed by atoms with E-state index in [2.05, 4.69) is 21.5 Å². The van der Waals surface area contributed by atoms with Crippen LogP contribution < -0.4 is 11.5 Å². The number of fused-ring (bicyclic) bond motifs is 1. The summed E-state index contributed by atoms with van der Waals surface area (Å²) in [5, 5.41) is 0. The smallest absolute Gasteiger partial charge is 0.236 e. The number of anilines is 2. The van der Waals surface area contributed by atoms with Crippen molar-refractivity contribution in [3.63, 3.8) is 0 Å². The summed E-state index contributed by atoms with van der Waals surface area (Å²) in [4.78, 5) is 13.0. The molecule has 24 heavy (non-hydrogen) atoms. The summed E-state index contributed by atoms with van der Waals surface area (Å²) in [6.07, 6.45) is 11.1. The first-order chi connectivity index (χ1) is 11.6. The molecule has 0 aliphatic carbocycles. The van der Waals surface area contributed by atoms with Crippen LogP contribution >= 0.6 is 0 Å². The number of nitrogens with two attached hydrogens (primary N) is 2. The molecule has 3 aromatic rings. The summed E-state index contributed by atoms with van der Waals surface area (Å²) in [6, 6.07) is 5.43. The van der Waals surface area contributed by atoms with Crippen molar-refractivity contribution < 1.29 is 0 Å². The zero-order chi connectivity index (χ0) is 17.1. The number of allylic oxidation sites excluding steroid dienone is 5. The van der Waals surface area contributed by atoms with Crippen molar-refractivity contribution in [2.75, 3.05) is 11.5 Å². The maximum atomic E-state index is 5.86. The highest BCUT2D eigenvalue weighted by molar-refractivity contribution is 5.85. The van der Waals surface area contributed by atoms with Crippen molar-refractivity contribution in [1.82, 2.24) is 19.4 Å². The molecule has 0 amide bonds. The molecule has 3 heterocycles. The highest BCUT2D eigenvalue weighted by Crippen LogP contribution is 2.31. The van der Waals surface area contributed by atoms with Crippen LogP contribution in [0.4, 0.5) is 11.6 Å². The third-order valence-electron chi connectivity index (χ3n) is 3.49. The Morgan fingerprint density at radius 2 is 2.04 bits per heavy atom. The molecule has 0 aromatic carbocycles. The monoisotopic (exact) mass is 318 g/mol. The van der Waals surface area contributed by atoms with Gasteiger partial charge in [-0.2, -0.15) is 4.98 Å². The van der Waals surface area contributed by atoms with Gasteiger partial charge in [0, 0.05) is 23.5 Å². The van der Waals surface area contributed by atoms with Gasteiger partial charge in [0.25, 0.3) is 0 Å². The van der Waals surface area contributed by atoms with E-state index >= 15 is 0 Å². The molecule has 6 heteroatoms. The standard InChI is InChI=1S/C18H18N6/c1-3-5-12(6-4-2)16-17(13-7-9-21-15(20)11-13)24-10-8-14(19)22-18(24)23-16/h3-11H,1H2,2H3,(H2,20,21)(H2,19,22,23)/b6-4-,12-5+. The second-order valence-corrected chi connectivity index (χ2v) is 5.16. The van der Waals surface area contributed by atoms with Crippen LogP contribution in [0.1, 0.15) is 12.6 Å². The van der Waals surface area contributed by atoms with E-state index in [0.29, 0.717) is 17.4 Å². The summed E-state index contributed by atoms with van der Waals surface area (Å²) in [6.45, 7) is 5.73. The van der Waals surface area contributed by atoms with Crippen molar-refractivity contribution in [2.24, 2.45) is 0 Å². The SMILES string of the molecule is C=C/C=C(\C=C/C)c1nc2nc(N)ccn2c1-c1ccnc(N)c1. The summed E-state index contributed by atoms with van der Waals surface area (Å²) in [5.74, 6) is 1.38. The van der Waals surface area contributed by atoms with Crippen molar-refractivity contribution >= 4 is 23.0 Å². The van der Waals surface area contributed by atoms with Crippen molar-refractivity contribution in [3.8, 4) is 11.3 Å². The third-order valence-corrected chi connectivity index (χ3v) is 3.49. The van der Waals surface area contributed by atoms with Gasteiger partial charge in [-0.3, -0.25) is 4.40 Å². The van der Waals surface area contributed by atoms with Crippen LogP contribution in [0.25, 0.3) is 22.6 Å². The van der Waals surface area contributed by atoms with Gasteiger partial charge >= 0.3 is 0 Å². The van der Waals surface area contributed by atoms with Gasteiger partial charge in [0.15, 0.2) is 0 Å². The Balaban J connectivity index is 2.37. The van der Waals surface area contributed by atoms with Crippen LogP contribution in [-0.4, -0.2) is 19.4 Å². The molecule has 3 aromatic heterocycles.